The van der Waals surface area contributed by atoms with Gasteiger partial charge in [0.05, 0.1) is 21.3 Å². The molecule has 0 radical (unpaired) electrons. The van der Waals surface area contributed by atoms with Crippen molar-refractivity contribution in [2.45, 2.75) is 0 Å². The lowest BCUT2D eigenvalue weighted by Gasteiger charge is -2.06. The first-order valence-corrected chi connectivity index (χ1v) is 7.07. The van der Waals surface area contributed by atoms with Gasteiger partial charge in [-0.1, -0.05) is 0 Å². The standard InChI is InChI=1S/C12H10BrN3O3S/c1-19-10-5-2-7(6-14-10)11(17)15-16-12(18)8-3-4-9(13)20-8/h2-6H,1H3,(H,15,17)(H,16,18). The SMILES string of the molecule is COc1ccc(C(=O)NNC(=O)c2ccc(Br)s2)cn1. The number of carbonyl (C=O) groups is 2. The van der Waals surface area contributed by atoms with Crippen LogP contribution in [0.5, 0.6) is 5.88 Å². The third-order valence-electron chi connectivity index (χ3n) is 2.29. The summed E-state index contributed by atoms with van der Waals surface area (Å²) in [7, 11) is 1.49. The molecule has 0 aliphatic heterocycles. The van der Waals surface area contributed by atoms with E-state index in [2.05, 4.69) is 31.8 Å². The Balaban J connectivity index is 1.92. The first-order valence-electron chi connectivity index (χ1n) is 5.46. The summed E-state index contributed by atoms with van der Waals surface area (Å²) in [4.78, 5) is 27.9. The van der Waals surface area contributed by atoms with Crippen molar-refractivity contribution in [1.82, 2.24) is 15.8 Å². The van der Waals surface area contributed by atoms with Gasteiger partial charge in [-0.05, 0) is 34.1 Å². The number of nitrogens with one attached hydrogen (secondary N) is 2. The van der Waals surface area contributed by atoms with Gasteiger partial charge in [0.1, 0.15) is 0 Å². The van der Waals surface area contributed by atoms with Crippen molar-refractivity contribution in [3.05, 3.63) is 44.7 Å². The number of amides is 2. The maximum atomic E-state index is 11.8. The van der Waals surface area contributed by atoms with E-state index in [1.54, 1.807) is 24.3 Å². The average molecular weight is 356 g/mol. The molecule has 6 nitrogen and oxygen atoms in total. The molecule has 0 spiro atoms. The molecule has 2 rings (SSSR count). The molecule has 2 aromatic heterocycles. The number of thiophene rings is 1. The molecule has 8 heteroatoms. The van der Waals surface area contributed by atoms with Crippen molar-refractivity contribution in [1.29, 1.82) is 0 Å². The maximum Gasteiger partial charge on any atom is 0.279 e. The number of pyridine rings is 1. The number of carbonyl (C=O) groups excluding carboxylic acids is 2. The fraction of sp³-hybridized carbons (Fsp3) is 0.0833. The van der Waals surface area contributed by atoms with Crippen LogP contribution < -0.4 is 15.6 Å². The average Bonchev–Trinajstić information content (AvgIpc) is 2.91. The van der Waals surface area contributed by atoms with Gasteiger partial charge in [0.15, 0.2) is 0 Å². The largest absolute Gasteiger partial charge is 0.481 e. The molecule has 2 aromatic rings. The monoisotopic (exact) mass is 355 g/mol. The quantitative estimate of drug-likeness (QED) is 0.825. The van der Waals surface area contributed by atoms with Gasteiger partial charge in [-0.2, -0.15) is 0 Å². The molecule has 0 fully saturated rings. The fourth-order valence-electron chi connectivity index (χ4n) is 1.32. The summed E-state index contributed by atoms with van der Waals surface area (Å²) >= 11 is 4.53. The second-order valence-corrected chi connectivity index (χ2v) is 6.06. The minimum absolute atomic E-state index is 0.318. The molecule has 0 aliphatic carbocycles. The van der Waals surface area contributed by atoms with Gasteiger partial charge < -0.3 is 4.74 Å². The lowest BCUT2D eigenvalue weighted by atomic mass is 10.3. The third kappa shape index (κ3) is 3.55. The maximum absolute atomic E-state index is 11.8. The molecule has 0 unspecified atom stereocenters. The number of methoxy groups -OCH3 is 1. The Bertz CT molecular complexity index is 627. The van der Waals surface area contributed by atoms with E-state index < -0.39 is 5.91 Å². The number of halogens is 1. The topological polar surface area (TPSA) is 80.3 Å². The smallest absolute Gasteiger partial charge is 0.279 e. The summed E-state index contributed by atoms with van der Waals surface area (Å²) in [5.74, 6) is -0.423. The van der Waals surface area contributed by atoms with Crippen LogP contribution in [0.2, 0.25) is 0 Å². The Morgan fingerprint density at radius 1 is 1.20 bits per heavy atom. The Labute approximate surface area is 127 Å². The molecular weight excluding hydrogens is 346 g/mol. The molecule has 0 saturated heterocycles. The second-order valence-electron chi connectivity index (χ2n) is 3.60. The molecule has 0 saturated carbocycles. The molecule has 2 N–H and O–H groups in total. The van der Waals surface area contributed by atoms with Gasteiger partial charge in [-0.3, -0.25) is 20.4 Å². The van der Waals surface area contributed by atoms with Gasteiger partial charge in [0.2, 0.25) is 5.88 Å². The van der Waals surface area contributed by atoms with Crippen LogP contribution >= 0.6 is 27.3 Å². The molecule has 104 valence electrons. The summed E-state index contributed by atoms with van der Waals surface area (Å²) in [6.07, 6.45) is 1.36. The van der Waals surface area contributed by atoms with Crippen LogP contribution in [0.4, 0.5) is 0 Å². The number of nitrogens with zero attached hydrogens (tertiary/aromatic N) is 1. The molecule has 0 aliphatic rings. The number of rotatable bonds is 3. The van der Waals surface area contributed by atoms with Crippen molar-refractivity contribution in [3.63, 3.8) is 0 Å². The van der Waals surface area contributed by atoms with Crippen LogP contribution in [0.25, 0.3) is 0 Å². The van der Waals surface area contributed by atoms with Gasteiger partial charge in [-0.15, -0.1) is 11.3 Å². The van der Waals surface area contributed by atoms with Crippen LogP contribution in [-0.4, -0.2) is 23.9 Å². The minimum Gasteiger partial charge on any atom is -0.481 e. The van der Waals surface area contributed by atoms with Crippen molar-refractivity contribution < 1.29 is 14.3 Å². The van der Waals surface area contributed by atoms with Crippen LogP contribution in [-0.2, 0) is 0 Å². The predicted molar refractivity (Wildman–Crippen MR) is 77.7 cm³/mol. The molecular formula is C12H10BrN3O3S. The molecule has 20 heavy (non-hydrogen) atoms. The molecule has 0 aromatic carbocycles. The number of hydrogen-bond acceptors (Lipinski definition) is 5. The van der Waals surface area contributed by atoms with Crippen LogP contribution in [0.15, 0.2) is 34.2 Å². The summed E-state index contributed by atoms with van der Waals surface area (Å²) in [5.41, 5.74) is 4.97. The molecule has 0 bridgehead atoms. The van der Waals surface area contributed by atoms with Crippen molar-refractivity contribution in [2.75, 3.05) is 7.11 Å². The van der Waals surface area contributed by atoms with E-state index in [0.717, 1.165) is 3.79 Å². The van der Waals surface area contributed by atoms with E-state index in [1.807, 2.05) is 0 Å². The van der Waals surface area contributed by atoms with Gasteiger partial charge in [-0.25, -0.2) is 4.98 Å². The van der Waals surface area contributed by atoms with Crippen LogP contribution in [0.1, 0.15) is 20.0 Å². The molecule has 2 amide bonds. The highest BCUT2D eigenvalue weighted by molar-refractivity contribution is 9.11. The molecule has 2 heterocycles. The lowest BCUT2D eigenvalue weighted by Crippen LogP contribution is -2.41. The van der Waals surface area contributed by atoms with E-state index in [4.69, 9.17) is 4.74 Å². The van der Waals surface area contributed by atoms with Crippen molar-refractivity contribution in [3.8, 4) is 5.88 Å². The number of hydrazine groups is 1. The Morgan fingerprint density at radius 3 is 2.50 bits per heavy atom. The zero-order valence-electron chi connectivity index (χ0n) is 10.3. The summed E-state index contributed by atoms with van der Waals surface area (Å²) < 4.78 is 5.73. The van der Waals surface area contributed by atoms with E-state index in [1.165, 1.54) is 24.6 Å². The fourth-order valence-corrected chi connectivity index (χ4v) is 2.60. The van der Waals surface area contributed by atoms with E-state index >= 15 is 0 Å². The zero-order valence-corrected chi connectivity index (χ0v) is 12.7. The Hall–Kier alpha value is -1.93. The summed E-state index contributed by atoms with van der Waals surface area (Å²) in [5, 5.41) is 0. The lowest BCUT2D eigenvalue weighted by molar-refractivity contribution is 0.0848. The third-order valence-corrected chi connectivity index (χ3v) is 3.92. The van der Waals surface area contributed by atoms with Crippen molar-refractivity contribution >= 4 is 39.1 Å². The normalized spacial score (nSPS) is 9.90. The van der Waals surface area contributed by atoms with Crippen LogP contribution in [0, 0.1) is 0 Å². The Morgan fingerprint density at radius 2 is 1.95 bits per heavy atom. The first kappa shape index (κ1) is 14.5. The Kier molecular flexibility index (Phi) is 4.70. The van der Waals surface area contributed by atoms with Crippen molar-refractivity contribution in [2.24, 2.45) is 0 Å². The highest BCUT2D eigenvalue weighted by Gasteiger charge is 2.11. The number of ether oxygens (including phenoxy) is 1. The van der Waals surface area contributed by atoms with E-state index in [-0.39, 0.29) is 5.91 Å². The van der Waals surface area contributed by atoms with Gasteiger partial charge in [0, 0.05) is 12.3 Å². The number of hydrogen-bond donors (Lipinski definition) is 2. The van der Waals surface area contributed by atoms with Gasteiger partial charge in [0.25, 0.3) is 11.8 Å². The van der Waals surface area contributed by atoms with Crippen LogP contribution in [0.3, 0.4) is 0 Å². The minimum atomic E-state index is -0.455. The van der Waals surface area contributed by atoms with E-state index in [9.17, 15) is 9.59 Å². The second kappa shape index (κ2) is 6.49. The highest BCUT2D eigenvalue weighted by atomic mass is 79.9. The summed E-state index contributed by atoms with van der Waals surface area (Å²) in [6.45, 7) is 0. The number of aromatic nitrogens is 1. The van der Waals surface area contributed by atoms with E-state index in [0.29, 0.717) is 16.3 Å². The first-order chi connectivity index (χ1) is 9.60. The predicted octanol–water partition coefficient (Wildman–Crippen LogP) is 1.99. The zero-order chi connectivity index (χ0) is 14.5. The summed E-state index contributed by atoms with van der Waals surface area (Å²) in [6, 6.07) is 6.53. The van der Waals surface area contributed by atoms with Gasteiger partial charge >= 0.3 is 0 Å². The molecule has 0 atom stereocenters. The highest BCUT2D eigenvalue weighted by Crippen LogP contribution is 2.21.